The standard InChI is InChI=1S/C21H36O6/c1-4-7-10-12-18(22)25-16-17-15-21(17,14-9-6-3)20(24)27-26-19(23)13-11-8-5-2/h17H,4-16H2,1-3H3. The van der Waals surface area contributed by atoms with Gasteiger partial charge in [0.2, 0.25) is 0 Å². The van der Waals surface area contributed by atoms with Gasteiger partial charge in [-0.15, -0.1) is 0 Å². The highest BCUT2D eigenvalue weighted by molar-refractivity contribution is 5.81. The van der Waals surface area contributed by atoms with Gasteiger partial charge in [-0.3, -0.25) is 4.79 Å². The van der Waals surface area contributed by atoms with E-state index in [1.807, 2.05) is 6.92 Å². The molecule has 0 bridgehead atoms. The first-order chi connectivity index (χ1) is 13.0. The summed E-state index contributed by atoms with van der Waals surface area (Å²) < 4.78 is 5.33. The SMILES string of the molecule is CCCCCC(=O)OCC1CC1(CCCC)C(=O)OOC(=O)CCCCC. The molecule has 2 unspecified atom stereocenters. The summed E-state index contributed by atoms with van der Waals surface area (Å²) in [6, 6.07) is 0. The van der Waals surface area contributed by atoms with Gasteiger partial charge >= 0.3 is 17.9 Å². The first-order valence-corrected chi connectivity index (χ1v) is 10.6. The lowest BCUT2D eigenvalue weighted by molar-refractivity contribution is -0.264. The van der Waals surface area contributed by atoms with Gasteiger partial charge in [-0.2, -0.15) is 0 Å². The van der Waals surface area contributed by atoms with Crippen molar-refractivity contribution in [3.8, 4) is 0 Å². The van der Waals surface area contributed by atoms with Crippen molar-refractivity contribution in [3.63, 3.8) is 0 Å². The van der Waals surface area contributed by atoms with Crippen LogP contribution in [0.4, 0.5) is 0 Å². The highest BCUT2D eigenvalue weighted by Gasteiger charge is 2.61. The molecule has 0 aromatic heterocycles. The number of ether oxygens (including phenoxy) is 1. The van der Waals surface area contributed by atoms with Gasteiger partial charge in [-0.25, -0.2) is 19.4 Å². The van der Waals surface area contributed by atoms with Crippen LogP contribution in [0.2, 0.25) is 0 Å². The molecule has 2 atom stereocenters. The Labute approximate surface area is 163 Å². The summed E-state index contributed by atoms with van der Waals surface area (Å²) in [4.78, 5) is 45.5. The van der Waals surface area contributed by atoms with Crippen molar-refractivity contribution in [2.75, 3.05) is 6.61 Å². The zero-order chi connectivity index (χ0) is 20.1. The molecule has 0 heterocycles. The molecule has 0 radical (unpaired) electrons. The van der Waals surface area contributed by atoms with Crippen LogP contribution in [0.15, 0.2) is 0 Å². The number of unbranched alkanes of at least 4 members (excludes halogenated alkanes) is 5. The minimum atomic E-state index is -0.677. The second-order valence-corrected chi connectivity index (χ2v) is 7.58. The summed E-state index contributed by atoms with van der Waals surface area (Å²) >= 11 is 0. The summed E-state index contributed by atoms with van der Waals surface area (Å²) in [6.45, 7) is 6.42. The summed E-state index contributed by atoms with van der Waals surface area (Å²) in [5.41, 5.74) is -0.677. The molecule has 6 heteroatoms. The maximum absolute atomic E-state index is 12.5. The van der Waals surface area contributed by atoms with Gasteiger partial charge in [0.25, 0.3) is 0 Å². The number of hydrogen-bond acceptors (Lipinski definition) is 6. The second-order valence-electron chi connectivity index (χ2n) is 7.58. The van der Waals surface area contributed by atoms with Gasteiger partial charge in [0.05, 0.1) is 18.4 Å². The van der Waals surface area contributed by atoms with E-state index in [-0.39, 0.29) is 24.9 Å². The van der Waals surface area contributed by atoms with Gasteiger partial charge in [0, 0.05) is 12.3 Å². The maximum atomic E-state index is 12.5. The fraction of sp³-hybridized carbons (Fsp3) is 0.857. The quantitative estimate of drug-likeness (QED) is 0.184. The fourth-order valence-corrected chi connectivity index (χ4v) is 3.26. The molecule has 0 N–H and O–H groups in total. The molecular weight excluding hydrogens is 348 g/mol. The smallest absolute Gasteiger partial charge is 0.362 e. The van der Waals surface area contributed by atoms with E-state index in [4.69, 9.17) is 14.5 Å². The Kier molecular flexibility index (Phi) is 11.1. The van der Waals surface area contributed by atoms with Crippen LogP contribution in [0.3, 0.4) is 0 Å². The largest absolute Gasteiger partial charge is 0.465 e. The molecule has 1 fully saturated rings. The Morgan fingerprint density at radius 2 is 1.41 bits per heavy atom. The number of rotatable bonds is 14. The molecule has 1 saturated carbocycles. The predicted octanol–water partition coefficient (Wildman–Crippen LogP) is 4.89. The third-order valence-electron chi connectivity index (χ3n) is 5.24. The normalized spacial score (nSPS) is 20.8. The molecule has 1 aliphatic carbocycles. The topological polar surface area (TPSA) is 78.9 Å². The molecule has 0 aromatic carbocycles. The number of esters is 1. The Balaban J connectivity index is 2.42. The highest BCUT2D eigenvalue weighted by atomic mass is 17.2. The van der Waals surface area contributed by atoms with Gasteiger partial charge in [0.15, 0.2) is 0 Å². The number of carbonyl (C=O) groups excluding carboxylic acids is 3. The molecule has 0 aromatic rings. The number of carbonyl (C=O) groups is 3. The monoisotopic (exact) mass is 384 g/mol. The molecule has 27 heavy (non-hydrogen) atoms. The van der Waals surface area contributed by atoms with Crippen LogP contribution in [-0.4, -0.2) is 24.5 Å². The zero-order valence-corrected chi connectivity index (χ0v) is 17.2. The molecule has 6 nitrogen and oxygen atoms in total. The predicted molar refractivity (Wildman–Crippen MR) is 101 cm³/mol. The first-order valence-electron chi connectivity index (χ1n) is 10.6. The lowest BCUT2D eigenvalue weighted by Crippen LogP contribution is -2.25. The van der Waals surface area contributed by atoms with Crippen LogP contribution >= 0.6 is 0 Å². The second kappa shape index (κ2) is 12.7. The Hall–Kier alpha value is -1.59. The Bertz CT molecular complexity index is 475. The van der Waals surface area contributed by atoms with Gasteiger partial charge in [0.1, 0.15) is 0 Å². The highest BCUT2D eigenvalue weighted by Crippen LogP contribution is 2.57. The molecular formula is C21H36O6. The van der Waals surface area contributed by atoms with Crippen molar-refractivity contribution in [1.29, 1.82) is 0 Å². The average Bonchev–Trinajstić information content (AvgIpc) is 3.37. The molecule has 0 amide bonds. The van der Waals surface area contributed by atoms with Crippen LogP contribution in [0.1, 0.15) is 97.8 Å². The summed E-state index contributed by atoms with van der Waals surface area (Å²) in [5, 5.41) is 0. The van der Waals surface area contributed by atoms with Crippen molar-refractivity contribution in [2.24, 2.45) is 11.3 Å². The molecule has 0 saturated heterocycles. The van der Waals surface area contributed by atoms with Crippen LogP contribution in [-0.2, 0) is 28.9 Å². The first kappa shape index (κ1) is 23.4. The zero-order valence-electron chi connectivity index (χ0n) is 17.2. The van der Waals surface area contributed by atoms with E-state index in [0.29, 0.717) is 19.3 Å². The van der Waals surface area contributed by atoms with E-state index in [0.717, 1.165) is 51.4 Å². The van der Waals surface area contributed by atoms with Crippen molar-refractivity contribution < 1.29 is 28.9 Å². The van der Waals surface area contributed by atoms with E-state index >= 15 is 0 Å². The maximum Gasteiger partial charge on any atom is 0.362 e. The molecule has 1 rings (SSSR count). The van der Waals surface area contributed by atoms with Gasteiger partial charge in [-0.1, -0.05) is 59.3 Å². The van der Waals surface area contributed by atoms with E-state index in [1.165, 1.54) is 0 Å². The van der Waals surface area contributed by atoms with E-state index < -0.39 is 17.4 Å². The van der Waals surface area contributed by atoms with E-state index in [2.05, 4.69) is 13.8 Å². The van der Waals surface area contributed by atoms with Crippen LogP contribution < -0.4 is 0 Å². The van der Waals surface area contributed by atoms with Crippen molar-refractivity contribution in [3.05, 3.63) is 0 Å². The molecule has 0 spiro atoms. The van der Waals surface area contributed by atoms with E-state index in [1.54, 1.807) is 0 Å². The molecule has 0 aliphatic heterocycles. The average molecular weight is 385 g/mol. The Morgan fingerprint density at radius 3 is 2.00 bits per heavy atom. The third-order valence-corrected chi connectivity index (χ3v) is 5.24. The summed E-state index contributed by atoms with van der Waals surface area (Å²) in [6.07, 6.45) is 9.34. The van der Waals surface area contributed by atoms with Crippen molar-refractivity contribution in [2.45, 2.75) is 97.8 Å². The number of hydrogen-bond donors (Lipinski definition) is 0. The van der Waals surface area contributed by atoms with Gasteiger partial charge < -0.3 is 4.74 Å². The van der Waals surface area contributed by atoms with Crippen LogP contribution in [0.25, 0.3) is 0 Å². The lowest BCUT2D eigenvalue weighted by atomic mass is 9.96. The third kappa shape index (κ3) is 8.31. The fourth-order valence-electron chi connectivity index (χ4n) is 3.26. The van der Waals surface area contributed by atoms with Crippen LogP contribution in [0, 0.1) is 11.3 Å². The molecule has 156 valence electrons. The van der Waals surface area contributed by atoms with Crippen molar-refractivity contribution in [1.82, 2.24) is 0 Å². The summed E-state index contributed by atoms with van der Waals surface area (Å²) in [7, 11) is 0. The van der Waals surface area contributed by atoms with E-state index in [9.17, 15) is 14.4 Å². The van der Waals surface area contributed by atoms with Gasteiger partial charge in [-0.05, 0) is 25.7 Å². The minimum absolute atomic E-state index is 0.0505. The molecule has 1 aliphatic rings. The summed E-state index contributed by atoms with van der Waals surface area (Å²) in [5.74, 6) is -1.28. The Morgan fingerprint density at radius 1 is 0.815 bits per heavy atom. The van der Waals surface area contributed by atoms with Crippen LogP contribution in [0.5, 0.6) is 0 Å². The van der Waals surface area contributed by atoms with Crippen molar-refractivity contribution >= 4 is 17.9 Å². The lowest BCUT2D eigenvalue weighted by Gasteiger charge is -2.15. The minimum Gasteiger partial charge on any atom is -0.465 e.